The van der Waals surface area contributed by atoms with Crippen LogP contribution in [-0.4, -0.2) is 45.9 Å². The van der Waals surface area contributed by atoms with Crippen molar-refractivity contribution >= 4 is 17.8 Å². The van der Waals surface area contributed by atoms with Crippen LogP contribution in [0.4, 0.5) is 4.79 Å². The Kier molecular flexibility index (Phi) is 7.14. The van der Waals surface area contributed by atoms with E-state index >= 15 is 0 Å². The van der Waals surface area contributed by atoms with Gasteiger partial charge in [0.05, 0.1) is 6.61 Å². The number of esters is 1. The van der Waals surface area contributed by atoms with Crippen molar-refractivity contribution in [1.29, 1.82) is 0 Å². The summed E-state index contributed by atoms with van der Waals surface area (Å²) >= 11 is 0. The second-order valence-electron chi connectivity index (χ2n) is 6.75. The largest absolute Gasteiger partial charge is 0.461 e. The lowest BCUT2D eigenvalue weighted by Crippen LogP contribution is -2.38. The summed E-state index contributed by atoms with van der Waals surface area (Å²) in [6, 6.07) is 1.22. The zero-order valence-corrected chi connectivity index (χ0v) is 15.7. The van der Waals surface area contributed by atoms with Crippen molar-refractivity contribution in [3.8, 4) is 0 Å². The molecule has 0 bridgehead atoms. The first kappa shape index (κ1) is 20.7. The molecule has 8 nitrogen and oxygen atoms in total. The summed E-state index contributed by atoms with van der Waals surface area (Å²) in [7, 11) is 0. The van der Waals surface area contributed by atoms with Crippen LogP contribution >= 0.6 is 0 Å². The quantitative estimate of drug-likeness (QED) is 0.597. The summed E-state index contributed by atoms with van der Waals surface area (Å²) < 4.78 is 11.6. The predicted molar refractivity (Wildman–Crippen MR) is 91.6 cm³/mol. The molecule has 1 atom stereocenters. The van der Waals surface area contributed by atoms with Crippen molar-refractivity contribution in [1.82, 2.24) is 15.1 Å². The number of nitrogens with zero attached hydrogens (tertiary/aromatic N) is 2. The fraction of sp³-hybridized carbons (Fsp3) is 0.647. The highest BCUT2D eigenvalue weighted by Gasteiger charge is 2.20. The third-order valence-corrected chi connectivity index (χ3v) is 3.16. The van der Waals surface area contributed by atoms with Crippen molar-refractivity contribution in [2.45, 2.75) is 66.2 Å². The van der Waals surface area contributed by atoms with E-state index in [4.69, 9.17) is 9.47 Å². The van der Waals surface area contributed by atoms with Crippen molar-refractivity contribution in [2.75, 3.05) is 6.61 Å². The number of alkyl carbamates (subject to hydrolysis) is 1. The molecule has 8 heteroatoms. The van der Waals surface area contributed by atoms with Gasteiger partial charge in [-0.2, -0.15) is 5.10 Å². The first-order valence-electron chi connectivity index (χ1n) is 8.29. The van der Waals surface area contributed by atoms with Crippen LogP contribution in [0.2, 0.25) is 0 Å². The van der Waals surface area contributed by atoms with Gasteiger partial charge in [0.25, 0.3) is 0 Å². The molecule has 0 aromatic carbocycles. The van der Waals surface area contributed by atoms with E-state index in [1.54, 1.807) is 27.7 Å². The van der Waals surface area contributed by atoms with Crippen LogP contribution in [0.3, 0.4) is 0 Å². The third-order valence-electron chi connectivity index (χ3n) is 3.16. The Balaban J connectivity index is 2.73. The Labute approximate surface area is 147 Å². The maximum Gasteiger partial charge on any atom is 0.407 e. The van der Waals surface area contributed by atoms with Crippen LogP contribution in [0.1, 0.15) is 68.9 Å². The molecule has 0 unspecified atom stereocenters. The second-order valence-corrected chi connectivity index (χ2v) is 6.75. The zero-order valence-electron chi connectivity index (χ0n) is 15.7. The molecular weight excluding hydrogens is 326 g/mol. The molecular formula is C17H27N3O5. The van der Waals surface area contributed by atoms with E-state index in [0.717, 1.165) is 0 Å². The van der Waals surface area contributed by atoms with Gasteiger partial charge in [-0.25, -0.2) is 9.59 Å². The minimum Gasteiger partial charge on any atom is -0.461 e. The summed E-state index contributed by atoms with van der Waals surface area (Å²) in [6.07, 6.45) is 0.000475. The Hall–Kier alpha value is -2.38. The molecule has 1 aromatic rings. The maximum atomic E-state index is 12.0. The van der Waals surface area contributed by atoms with Crippen LogP contribution < -0.4 is 5.32 Å². The SMILES string of the molecule is CCOC(=O)c1cc(C(C)=O)nn1CC[C@@H](C)NC(=O)OC(C)(C)C. The smallest absolute Gasteiger partial charge is 0.407 e. The zero-order chi connectivity index (χ0) is 19.2. The van der Waals surface area contributed by atoms with Gasteiger partial charge in [-0.1, -0.05) is 0 Å². The lowest BCUT2D eigenvalue weighted by molar-refractivity contribution is 0.0489. The summed E-state index contributed by atoms with van der Waals surface area (Å²) in [5, 5.41) is 6.87. The Morgan fingerprint density at radius 2 is 1.96 bits per heavy atom. The number of Topliss-reactive ketones (excluding diaryl/α,β-unsaturated/α-hetero) is 1. The van der Waals surface area contributed by atoms with E-state index in [9.17, 15) is 14.4 Å². The van der Waals surface area contributed by atoms with Crippen LogP contribution in [-0.2, 0) is 16.0 Å². The van der Waals surface area contributed by atoms with Crippen molar-refractivity contribution in [3.63, 3.8) is 0 Å². The van der Waals surface area contributed by atoms with Gasteiger partial charge in [-0.3, -0.25) is 9.48 Å². The van der Waals surface area contributed by atoms with Gasteiger partial charge in [-0.05, 0) is 41.0 Å². The number of aryl methyl sites for hydroxylation is 1. The molecule has 1 amide bonds. The van der Waals surface area contributed by atoms with Crippen molar-refractivity contribution in [2.24, 2.45) is 0 Å². The van der Waals surface area contributed by atoms with Crippen LogP contribution in [0, 0.1) is 0 Å². The van der Waals surface area contributed by atoms with E-state index in [1.165, 1.54) is 17.7 Å². The van der Waals surface area contributed by atoms with Crippen molar-refractivity contribution in [3.05, 3.63) is 17.5 Å². The summed E-state index contributed by atoms with van der Waals surface area (Å²) in [6.45, 7) is 10.9. The van der Waals surface area contributed by atoms with E-state index in [1.807, 2.05) is 6.92 Å². The molecule has 0 aliphatic carbocycles. The predicted octanol–water partition coefficient (Wildman–Crippen LogP) is 2.57. The van der Waals surface area contributed by atoms with Crippen LogP contribution in [0.15, 0.2) is 6.07 Å². The Morgan fingerprint density at radius 1 is 1.32 bits per heavy atom. The van der Waals surface area contributed by atoms with E-state index in [2.05, 4.69) is 10.4 Å². The topological polar surface area (TPSA) is 99.5 Å². The standard InChI is InChI=1S/C17H27N3O5/c1-7-24-15(22)14-10-13(12(3)21)19-20(14)9-8-11(2)18-16(23)25-17(4,5)6/h10-11H,7-9H2,1-6H3,(H,18,23)/t11-/m1/s1. The van der Waals surface area contributed by atoms with Gasteiger partial charge in [-0.15, -0.1) is 0 Å². The molecule has 0 saturated carbocycles. The number of hydrogen-bond donors (Lipinski definition) is 1. The third kappa shape index (κ3) is 6.94. The summed E-state index contributed by atoms with van der Waals surface area (Å²) in [5.41, 5.74) is -0.147. The number of hydrogen-bond acceptors (Lipinski definition) is 6. The molecule has 0 saturated heterocycles. The fourth-order valence-electron chi connectivity index (χ4n) is 2.03. The highest BCUT2D eigenvalue weighted by atomic mass is 16.6. The molecule has 140 valence electrons. The van der Waals surface area contributed by atoms with Gasteiger partial charge in [0, 0.05) is 25.6 Å². The van der Waals surface area contributed by atoms with Gasteiger partial charge >= 0.3 is 12.1 Å². The molecule has 0 radical (unpaired) electrons. The minimum atomic E-state index is -0.570. The normalized spacial score (nSPS) is 12.4. The number of nitrogens with one attached hydrogen (secondary N) is 1. The first-order chi connectivity index (χ1) is 11.5. The minimum absolute atomic E-state index is 0.199. The first-order valence-corrected chi connectivity index (χ1v) is 8.29. The lowest BCUT2D eigenvalue weighted by atomic mass is 10.2. The molecule has 1 aromatic heterocycles. The lowest BCUT2D eigenvalue weighted by Gasteiger charge is -2.22. The highest BCUT2D eigenvalue weighted by Crippen LogP contribution is 2.10. The number of carbonyl (C=O) groups excluding carboxylic acids is 3. The van der Waals surface area contributed by atoms with Crippen LogP contribution in [0.25, 0.3) is 0 Å². The summed E-state index contributed by atoms with van der Waals surface area (Å²) in [5.74, 6) is -0.764. The summed E-state index contributed by atoms with van der Waals surface area (Å²) in [4.78, 5) is 35.3. The Morgan fingerprint density at radius 3 is 2.48 bits per heavy atom. The second kappa shape index (κ2) is 8.64. The van der Waals surface area contributed by atoms with E-state index < -0.39 is 17.7 Å². The number of ketones is 1. The monoisotopic (exact) mass is 353 g/mol. The molecule has 1 N–H and O–H groups in total. The fourth-order valence-corrected chi connectivity index (χ4v) is 2.03. The molecule has 1 heterocycles. The molecule has 0 aliphatic heterocycles. The van der Waals surface area contributed by atoms with Gasteiger partial charge < -0.3 is 14.8 Å². The average molecular weight is 353 g/mol. The number of ether oxygens (including phenoxy) is 2. The maximum absolute atomic E-state index is 12.0. The van der Waals surface area contributed by atoms with Crippen LogP contribution in [0.5, 0.6) is 0 Å². The van der Waals surface area contributed by atoms with E-state index in [-0.39, 0.29) is 29.8 Å². The van der Waals surface area contributed by atoms with Crippen molar-refractivity contribution < 1.29 is 23.9 Å². The number of carbonyl (C=O) groups is 3. The van der Waals surface area contributed by atoms with Gasteiger partial charge in [0.15, 0.2) is 5.78 Å². The Bertz CT molecular complexity index is 631. The van der Waals surface area contributed by atoms with Gasteiger partial charge in [0.2, 0.25) is 0 Å². The molecule has 0 aliphatic rings. The van der Waals surface area contributed by atoms with E-state index in [0.29, 0.717) is 13.0 Å². The van der Waals surface area contributed by atoms with Gasteiger partial charge in [0.1, 0.15) is 17.0 Å². The molecule has 25 heavy (non-hydrogen) atoms. The highest BCUT2D eigenvalue weighted by molar-refractivity contribution is 5.95. The molecule has 1 rings (SSSR count). The number of rotatable bonds is 7. The molecule has 0 fully saturated rings. The molecule has 0 spiro atoms. The number of amides is 1. The number of aromatic nitrogens is 2. The average Bonchev–Trinajstić information content (AvgIpc) is 2.87.